The molecule has 15 heavy (non-hydrogen) atoms. The van der Waals surface area contributed by atoms with E-state index in [1.807, 2.05) is 0 Å². The Morgan fingerprint density at radius 1 is 1.67 bits per heavy atom. The molecule has 1 rings (SSSR count). The molecule has 2 N–H and O–H groups in total. The van der Waals surface area contributed by atoms with Crippen LogP contribution >= 0.6 is 0 Å². The molecule has 0 aromatic carbocycles. The molecular weight excluding hydrogens is 198 g/mol. The van der Waals surface area contributed by atoms with Gasteiger partial charge in [0.2, 0.25) is 5.88 Å². The molecule has 0 aliphatic heterocycles. The monoisotopic (exact) mass is 211 g/mol. The smallest absolute Gasteiger partial charge is 0.279 e. The third-order valence-electron chi connectivity index (χ3n) is 1.84. The summed E-state index contributed by atoms with van der Waals surface area (Å²) in [4.78, 5) is 14.1. The average Bonchev–Trinajstić information content (AvgIpc) is 2.20. The lowest BCUT2D eigenvalue weighted by molar-refractivity contribution is -0.385. The van der Waals surface area contributed by atoms with Gasteiger partial charge < -0.3 is 10.5 Å². The Labute approximate surface area is 87.2 Å². The maximum absolute atomic E-state index is 10.6. The van der Waals surface area contributed by atoms with Crippen molar-refractivity contribution in [3.63, 3.8) is 0 Å². The van der Waals surface area contributed by atoms with Crippen molar-refractivity contribution >= 4 is 5.69 Å². The molecule has 0 atom stereocenters. The highest BCUT2D eigenvalue weighted by Crippen LogP contribution is 2.21. The Balaban J connectivity index is 2.74. The second kappa shape index (κ2) is 5.26. The van der Waals surface area contributed by atoms with Crippen molar-refractivity contribution in [2.24, 2.45) is 5.73 Å². The van der Waals surface area contributed by atoms with E-state index in [2.05, 4.69) is 4.98 Å². The molecule has 0 bridgehead atoms. The molecule has 0 radical (unpaired) electrons. The highest BCUT2D eigenvalue weighted by atomic mass is 16.6. The molecule has 0 aliphatic carbocycles. The standard InChI is InChI=1S/C9H13N3O3/c1-7-6-11-9(15-4-2-3-10)5-8(7)12(13)14/h5-6H,2-4,10H2,1H3. The first kappa shape index (κ1) is 11.4. The van der Waals surface area contributed by atoms with Crippen LogP contribution < -0.4 is 10.5 Å². The number of hydrogen-bond acceptors (Lipinski definition) is 5. The molecule has 6 nitrogen and oxygen atoms in total. The lowest BCUT2D eigenvalue weighted by Crippen LogP contribution is -2.07. The predicted octanol–water partition coefficient (Wildman–Crippen LogP) is 1.03. The fourth-order valence-electron chi connectivity index (χ4n) is 1.03. The zero-order valence-corrected chi connectivity index (χ0v) is 8.47. The molecule has 0 saturated carbocycles. The van der Waals surface area contributed by atoms with Gasteiger partial charge in [0, 0.05) is 11.8 Å². The second-order valence-electron chi connectivity index (χ2n) is 3.06. The van der Waals surface area contributed by atoms with Gasteiger partial charge in [-0.15, -0.1) is 0 Å². The minimum Gasteiger partial charge on any atom is -0.477 e. The molecule has 1 heterocycles. The SMILES string of the molecule is Cc1cnc(OCCCN)cc1[N+](=O)[O-]. The summed E-state index contributed by atoms with van der Waals surface area (Å²) >= 11 is 0. The summed E-state index contributed by atoms with van der Waals surface area (Å²) in [6.07, 6.45) is 2.12. The van der Waals surface area contributed by atoms with Crippen LogP contribution in [0.3, 0.4) is 0 Å². The first-order valence-electron chi connectivity index (χ1n) is 4.59. The topological polar surface area (TPSA) is 91.3 Å². The summed E-state index contributed by atoms with van der Waals surface area (Å²) in [5.74, 6) is 0.265. The summed E-state index contributed by atoms with van der Waals surface area (Å²) in [6.45, 7) is 2.58. The van der Waals surface area contributed by atoms with Crippen LogP contribution in [0.15, 0.2) is 12.3 Å². The molecule has 82 valence electrons. The number of rotatable bonds is 5. The van der Waals surface area contributed by atoms with E-state index in [1.165, 1.54) is 12.3 Å². The zero-order chi connectivity index (χ0) is 11.3. The number of nitrogens with zero attached hydrogens (tertiary/aromatic N) is 2. The van der Waals surface area contributed by atoms with E-state index in [0.717, 1.165) is 0 Å². The van der Waals surface area contributed by atoms with E-state index >= 15 is 0 Å². The van der Waals surface area contributed by atoms with E-state index in [1.54, 1.807) is 6.92 Å². The molecule has 6 heteroatoms. The van der Waals surface area contributed by atoms with E-state index in [-0.39, 0.29) is 11.6 Å². The zero-order valence-electron chi connectivity index (χ0n) is 8.47. The molecule has 0 fully saturated rings. The average molecular weight is 211 g/mol. The number of nitrogens with two attached hydrogens (primary N) is 1. The maximum Gasteiger partial charge on any atom is 0.279 e. The number of aryl methyl sites for hydroxylation is 1. The van der Waals surface area contributed by atoms with Gasteiger partial charge in [0.25, 0.3) is 5.69 Å². The minimum atomic E-state index is -0.452. The maximum atomic E-state index is 10.6. The summed E-state index contributed by atoms with van der Waals surface area (Å²) < 4.78 is 5.20. The van der Waals surface area contributed by atoms with Gasteiger partial charge in [0.1, 0.15) is 0 Å². The van der Waals surface area contributed by atoms with Crippen molar-refractivity contribution in [1.82, 2.24) is 4.98 Å². The number of ether oxygens (including phenoxy) is 1. The van der Waals surface area contributed by atoms with Crippen molar-refractivity contribution in [2.45, 2.75) is 13.3 Å². The van der Waals surface area contributed by atoms with Crippen molar-refractivity contribution < 1.29 is 9.66 Å². The fourth-order valence-corrected chi connectivity index (χ4v) is 1.03. The molecule has 0 unspecified atom stereocenters. The number of pyridine rings is 1. The van der Waals surface area contributed by atoms with Crippen LogP contribution in [-0.4, -0.2) is 23.1 Å². The third-order valence-corrected chi connectivity index (χ3v) is 1.84. The fraction of sp³-hybridized carbons (Fsp3) is 0.444. The summed E-state index contributed by atoms with van der Waals surface area (Å²) in [5, 5.41) is 10.6. The molecule has 0 spiro atoms. The van der Waals surface area contributed by atoms with Crippen LogP contribution in [0.5, 0.6) is 5.88 Å². The Morgan fingerprint density at radius 2 is 2.40 bits per heavy atom. The van der Waals surface area contributed by atoms with Crippen LogP contribution in [-0.2, 0) is 0 Å². The second-order valence-corrected chi connectivity index (χ2v) is 3.06. The summed E-state index contributed by atoms with van der Waals surface area (Å²) in [6, 6.07) is 1.33. The molecular formula is C9H13N3O3. The van der Waals surface area contributed by atoms with Gasteiger partial charge in [-0.25, -0.2) is 4.98 Å². The van der Waals surface area contributed by atoms with Gasteiger partial charge in [0.15, 0.2) is 0 Å². The van der Waals surface area contributed by atoms with Gasteiger partial charge in [-0.1, -0.05) is 0 Å². The van der Waals surface area contributed by atoms with Crippen molar-refractivity contribution in [2.75, 3.05) is 13.2 Å². The molecule has 0 aliphatic rings. The first-order valence-corrected chi connectivity index (χ1v) is 4.59. The highest BCUT2D eigenvalue weighted by Gasteiger charge is 2.12. The summed E-state index contributed by atoms with van der Waals surface area (Å²) in [7, 11) is 0. The Morgan fingerprint density at radius 3 is 3.00 bits per heavy atom. The lowest BCUT2D eigenvalue weighted by Gasteiger charge is -2.04. The number of aromatic nitrogens is 1. The lowest BCUT2D eigenvalue weighted by atomic mass is 10.3. The minimum absolute atomic E-state index is 0.0211. The van der Waals surface area contributed by atoms with Gasteiger partial charge in [-0.3, -0.25) is 10.1 Å². The normalized spacial score (nSPS) is 10.0. The van der Waals surface area contributed by atoms with Crippen LogP contribution in [0.2, 0.25) is 0 Å². The van der Waals surface area contributed by atoms with Crippen LogP contribution in [0.1, 0.15) is 12.0 Å². The highest BCUT2D eigenvalue weighted by molar-refractivity contribution is 5.40. The largest absolute Gasteiger partial charge is 0.477 e. The van der Waals surface area contributed by atoms with Gasteiger partial charge in [-0.05, 0) is 19.9 Å². The number of hydrogen-bond donors (Lipinski definition) is 1. The van der Waals surface area contributed by atoms with Gasteiger partial charge >= 0.3 is 0 Å². The van der Waals surface area contributed by atoms with Crippen molar-refractivity contribution in [3.05, 3.63) is 27.9 Å². The van der Waals surface area contributed by atoms with E-state index in [4.69, 9.17) is 10.5 Å². The van der Waals surface area contributed by atoms with Crippen molar-refractivity contribution in [3.8, 4) is 5.88 Å². The van der Waals surface area contributed by atoms with Gasteiger partial charge in [0.05, 0.1) is 17.6 Å². The molecule has 0 amide bonds. The summed E-state index contributed by atoms with van der Waals surface area (Å²) in [5.41, 5.74) is 5.83. The van der Waals surface area contributed by atoms with Crippen LogP contribution in [0.4, 0.5) is 5.69 Å². The molecule has 1 aromatic rings. The van der Waals surface area contributed by atoms with E-state index in [0.29, 0.717) is 25.1 Å². The van der Waals surface area contributed by atoms with Crippen LogP contribution in [0.25, 0.3) is 0 Å². The van der Waals surface area contributed by atoms with E-state index < -0.39 is 4.92 Å². The number of nitro groups is 1. The first-order chi connectivity index (χ1) is 7.15. The molecule has 1 aromatic heterocycles. The van der Waals surface area contributed by atoms with Gasteiger partial charge in [-0.2, -0.15) is 0 Å². The third kappa shape index (κ3) is 3.17. The molecule has 0 saturated heterocycles. The quantitative estimate of drug-likeness (QED) is 0.446. The Kier molecular flexibility index (Phi) is 3.99. The predicted molar refractivity (Wildman–Crippen MR) is 54.8 cm³/mol. The van der Waals surface area contributed by atoms with Crippen molar-refractivity contribution in [1.29, 1.82) is 0 Å². The van der Waals surface area contributed by atoms with Crippen LogP contribution in [0, 0.1) is 17.0 Å². The van der Waals surface area contributed by atoms with E-state index in [9.17, 15) is 10.1 Å². The Hall–Kier alpha value is -1.69. The Bertz CT molecular complexity index is 354.